The summed E-state index contributed by atoms with van der Waals surface area (Å²) in [5, 5.41) is 1.97. The molecule has 0 spiro atoms. The summed E-state index contributed by atoms with van der Waals surface area (Å²) in [6, 6.07) is 3.59. The number of thiazole rings is 1. The van der Waals surface area contributed by atoms with Crippen molar-refractivity contribution >= 4 is 22.1 Å². The first-order chi connectivity index (χ1) is 8.74. The average Bonchev–Trinajstić information content (AvgIpc) is 2.90. The van der Waals surface area contributed by atoms with E-state index in [4.69, 9.17) is 0 Å². The predicted molar refractivity (Wildman–Crippen MR) is 70.1 cm³/mol. The molecule has 0 N–H and O–H groups in total. The van der Waals surface area contributed by atoms with E-state index in [1.54, 1.807) is 23.6 Å². The van der Waals surface area contributed by atoms with Crippen LogP contribution in [0.5, 0.6) is 0 Å². The van der Waals surface area contributed by atoms with Crippen LogP contribution in [0.3, 0.4) is 0 Å². The lowest BCUT2D eigenvalue weighted by Crippen LogP contribution is -2.06. The molecule has 0 saturated heterocycles. The molecular formula is C13H11N3OS. The Morgan fingerprint density at radius 3 is 3.17 bits per heavy atom. The first kappa shape index (κ1) is 11.1. The Kier molecular flexibility index (Phi) is 2.68. The highest BCUT2D eigenvalue weighted by molar-refractivity contribution is 7.15. The van der Waals surface area contributed by atoms with Gasteiger partial charge in [0.2, 0.25) is 0 Å². The van der Waals surface area contributed by atoms with Crippen LogP contribution in [0.25, 0.3) is 4.96 Å². The number of hydrogen-bond donors (Lipinski definition) is 0. The maximum Gasteiger partial charge on any atom is 0.193 e. The van der Waals surface area contributed by atoms with E-state index in [2.05, 4.69) is 9.97 Å². The van der Waals surface area contributed by atoms with Crippen LogP contribution in [-0.2, 0) is 6.42 Å². The van der Waals surface area contributed by atoms with Gasteiger partial charge >= 0.3 is 0 Å². The zero-order valence-corrected chi connectivity index (χ0v) is 10.6. The van der Waals surface area contributed by atoms with Crippen LogP contribution in [0, 0.1) is 6.92 Å². The van der Waals surface area contributed by atoms with Crippen molar-refractivity contribution < 1.29 is 4.79 Å². The first-order valence-electron chi connectivity index (χ1n) is 5.60. The van der Waals surface area contributed by atoms with E-state index in [1.807, 2.05) is 35.2 Å². The van der Waals surface area contributed by atoms with Gasteiger partial charge in [0, 0.05) is 35.2 Å². The standard InChI is InChI=1S/C13H11N3OS/c1-9-11(3-2-4-14-9)12(17)7-10-8-16-5-6-18-13(16)15-10/h2-6,8H,7H2,1H3. The SMILES string of the molecule is Cc1ncccc1C(=O)Cc1cn2ccsc2n1. The van der Waals surface area contributed by atoms with Crippen LogP contribution in [0.15, 0.2) is 36.1 Å². The van der Waals surface area contributed by atoms with Crippen LogP contribution in [0.1, 0.15) is 21.7 Å². The summed E-state index contributed by atoms with van der Waals surface area (Å²) in [6.07, 6.45) is 5.85. The second-order valence-electron chi connectivity index (χ2n) is 4.06. The number of Topliss-reactive ketones (excluding diaryl/α,β-unsaturated/α-hetero) is 1. The Morgan fingerprint density at radius 1 is 1.50 bits per heavy atom. The quantitative estimate of drug-likeness (QED) is 0.677. The molecule has 0 bridgehead atoms. The van der Waals surface area contributed by atoms with Crippen molar-refractivity contribution in [1.82, 2.24) is 14.4 Å². The maximum atomic E-state index is 12.1. The molecule has 3 heterocycles. The second-order valence-corrected chi connectivity index (χ2v) is 4.93. The van der Waals surface area contributed by atoms with Crippen LogP contribution in [0.4, 0.5) is 0 Å². The fourth-order valence-electron chi connectivity index (χ4n) is 1.90. The van der Waals surface area contributed by atoms with Gasteiger partial charge in [-0.3, -0.25) is 14.2 Å². The van der Waals surface area contributed by atoms with Gasteiger partial charge in [0.15, 0.2) is 10.7 Å². The molecule has 3 aromatic heterocycles. The van der Waals surface area contributed by atoms with Crippen LogP contribution >= 0.6 is 11.3 Å². The summed E-state index contributed by atoms with van der Waals surface area (Å²) in [6.45, 7) is 1.85. The molecule has 0 unspecified atom stereocenters. The van der Waals surface area contributed by atoms with Gasteiger partial charge in [-0.25, -0.2) is 4.98 Å². The Bertz CT molecular complexity index is 685. The van der Waals surface area contributed by atoms with Crippen molar-refractivity contribution in [3.05, 3.63) is 53.1 Å². The molecule has 18 heavy (non-hydrogen) atoms. The molecule has 3 aromatic rings. The van der Waals surface area contributed by atoms with Crippen LogP contribution in [0.2, 0.25) is 0 Å². The zero-order valence-electron chi connectivity index (χ0n) is 9.83. The van der Waals surface area contributed by atoms with Gasteiger partial charge < -0.3 is 0 Å². The van der Waals surface area contributed by atoms with Gasteiger partial charge in [0.05, 0.1) is 12.1 Å². The van der Waals surface area contributed by atoms with Crippen LogP contribution < -0.4 is 0 Å². The smallest absolute Gasteiger partial charge is 0.193 e. The van der Waals surface area contributed by atoms with Crippen molar-refractivity contribution in [3.8, 4) is 0 Å². The summed E-state index contributed by atoms with van der Waals surface area (Å²) in [5.41, 5.74) is 2.24. The third-order valence-corrected chi connectivity index (χ3v) is 3.56. The molecule has 0 aromatic carbocycles. The minimum Gasteiger partial charge on any atom is -0.297 e. The minimum atomic E-state index is 0.0614. The fraction of sp³-hybridized carbons (Fsp3) is 0.154. The van der Waals surface area contributed by atoms with E-state index in [9.17, 15) is 4.79 Å². The van der Waals surface area contributed by atoms with Crippen molar-refractivity contribution in [1.29, 1.82) is 0 Å². The number of hydrogen-bond acceptors (Lipinski definition) is 4. The Labute approximate surface area is 108 Å². The largest absolute Gasteiger partial charge is 0.297 e. The third kappa shape index (κ3) is 1.93. The van der Waals surface area contributed by atoms with E-state index in [-0.39, 0.29) is 5.78 Å². The molecule has 0 saturated carbocycles. The first-order valence-corrected chi connectivity index (χ1v) is 6.48. The van der Waals surface area contributed by atoms with E-state index in [0.717, 1.165) is 16.3 Å². The maximum absolute atomic E-state index is 12.1. The summed E-state index contributed by atoms with van der Waals surface area (Å²) in [5.74, 6) is 0.0614. The monoisotopic (exact) mass is 257 g/mol. The number of ketones is 1. The minimum absolute atomic E-state index is 0.0614. The highest BCUT2D eigenvalue weighted by Gasteiger charge is 2.12. The van der Waals surface area contributed by atoms with Gasteiger partial charge in [-0.05, 0) is 19.1 Å². The number of carbonyl (C=O) groups is 1. The second kappa shape index (κ2) is 4.34. The Morgan fingerprint density at radius 2 is 2.39 bits per heavy atom. The van der Waals surface area contributed by atoms with Gasteiger partial charge in [-0.15, -0.1) is 11.3 Å². The number of carbonyl (C=O) groups excluding carboxylic acids is 1. The molecule has 4 nitrogen and oxygen atoms in total. The lowest BCUT2D eigenvalue weighted by molar-refractivity contribution is 0.0991. The molecule has 0 radical (unpaired) electrons. The van der Waals surface area contributed by atoms with Gasteiger partial charge in [-0.2, -0.15) is 0 Å². The molecule has 3 rings (SSSR count). The van der Waals surface area contributed by atoms with E-state index in [0.29, 0.717) is 12.0 Å². The molecule has 0 aliphatic rings. The number of nitrogens with zero attached hydrogens (tertiary/aromatic N) is 3. The van der Waals surface area contributed by atoms with E-state index in [1.165, 1.54) is 0 Å². The van der Waals surface area contributed by atoms with Gasteiger partial charge in [-0.1, -0.05) is 0 Å². The molecular weight excluding hydrogens is 246 g/mol. The van der Waals surface area contributed by atoms with Crippen LogP contribution in [-0.4, -0.2) is 20.2 Å². The molecule has 0 aliphatic carbocycles. The molecule has 5 heteroatoms. The topological polar surface area (TPSA) is 47.3 Å². The van der Waals surface area contributed by atoms with Crippen molar-refractivity contribution in [2.45, 2.75) is 13.3 Å². The number of aromatic nitrogens is 3. The average molecular weight is 257 g/mol. The number of pyridine rings is 1. The molecule has 0 fully saturated rings. The lowest BCUT2D eigenvalue weighted by atomic mass is 10.1. The normalized spacial score (nSPS) is 10.9. The van der Waals surface area contributed by atoms with E-state index < -0.39 is 0 Å². The van der Waals surface area contributed by atoms with Gasteiger partial charge in [0.25, 0.3) is 0 Å². The summed E-state index contributed by atoms with van der Waals surface area (Å²) in [7, 11) is 0. The Balaban J connectivity index is 1.87. The summed E-state index contributed by atoms with van der Waals surface area (Å²) < 4.78 is 1.93. The highest BCUT2D eigenvalue weighted by Crippen LogP contribution is 2.14. The predicted octanol–water partition coefficient (Wildman–Crippen LogP) is 2.52. The molecule has 0 aliphatic heterocycles. The van der Waals surface area contributed by atoms with Gasteiger partial charge in [0.1, 0.15) is 0 Å². The number of fused-ring (bicyclic) bond motifs is 1. The fourth-order valence-corrected chi connectivity index (χ4v) is 2.62. The number of imidazole rings is 1. The number of rotatable bonds is 3. The van der Waals surface area contributed by atoms with E-state index >= 15 is 0 Å². The third-order valence-electron chi connectivity index (χ3n) is 2.79. The zero-order chi connectivity index (χ0) is 12.5. The highest BCUT2D eigenvalue weighted by atomic mass is 32.1. The summed E-state index contributed by atoms with van der Waals surface area (Å²) in [4.78, 5) is 21.6. The Hall–Kier alpha value is -2.01. The lowest BCUT2D eigenvalue weighted by Gasteiger charge is -2.01. The van der Waals surface area contributed by atoms with Crippen molar-refractivity contribution in [2.75, 3.05) is 0 Å². The molecule has 90 valence electrons. The number of aryl methyl sites for hydroxylation is 1. The van der Waals surface area contributed by atoms with Crippen molar-refractivity contribution in [3.63, 3.8) is 0 Å². The summed E-state index contributed by atoms with van der Waals surface area (Å²) >= 11 is 1.56. The molecule has 0 amide bonds. The molecule has 0 atom stereocenters. The van der Waals surface area contributed by atoms with Crippen molar-refractivity contribution in [2.24, 2.45) is 0 Å².